The van der Waals surface area contributed by atoms with Crippen molar-refractivity contribution < 1.29 is 9.59 Å². The predicted octanol–water partition coefficient (Wildman–Crippen LogP) is 3.92. The van der Waals surface area contributed by atoms with Gasteiger partial charge in [0.25, 0.3) is 0 Å². The van der Waals surface area contributed by atoms with E-state index in [4.69, 9.17) is 0 Å². The minimum atomic E-state index is -0.0783. The van der Waals surface area contributed by atoms with E-state index in [0.29, 0.717) is 0 Å². The van der Waals surface area contributed by atoms with E-state index in [1.165, 1.54) is 6.92 Å². The number of hydrogen-bond acceptors (Lipinski definition) is 3. The van der Waals surface area contributed by atoms with Crippen LogP contribution in [0.25, 0.3) is 0 Å². The Bertz CT molecular complexity index is 635. The molecule has 0 aromatic heterocycles. The van der Waals surface area contributed by atoms with Gasteiger partial charge < -0.3 is 5.32 Å². The normalized spacial score (nSPS) is 10.1. The fraction of sp³-hybridized carbons (Fsp3) is 0.125. The second kappa shape index (κ2) is 6.39. The molecule has 0 atom stereocenters. The fourth-order valence-electron chi connectivity index (χ4n) is 1.79. The maximum Gasteiger partial charge on any atom is 0.221 e. The summed E-state index contributed by atoms with van der Waals surface area (Å²) in [6.07, 6.45) is 0.867. The Morgan fingerprint density at radius 1 is 1.10 bits per heavy atom. The van der Waals surface area contributed by atoms with Gasteiger partial charge in [-0.1, -0.05) is 17.8 Å². The highest BCUT2D eigenvalue weighted by Gasteiger charge is 2.02. The molecule has 0 radical (unpaired) electrons. The third-order valence-electron chi connectivity index (χ3n) is 2.78. The van der Waals surface area contributed by atoms with Gasteiger partial charge in [-0.25, -0.2) is 0 Å². The van der Waals surface area contributed by atoms with E-state index in [1.54, 1.807) is 11.8 Å². The van der Waals surface area contributed by atoms with Crippen LogP contribution in [-0.2, 0) is 4.79 Å². The summed E-state index contributed by atoms with van der Waals surface area (Å²) in [5.74, 6) is -0.0783. The number of benzene rings is 2. The fourth-order valence-corrected chi connectivity index (χ4v) is 2.71. The SMILES string of the molecule is CC(=O)Nc1ccc(Sc2ccc(C=O)c(C)c2)cc1. The summed E-state index contributed by atoms with van der Waals surface area (Å²) in [6.45, 7) is 3.41. The number of aldehydes is 1. The van der Waals surface area contributed by atoms with Crippen molar-refractivity contribution in [3.05, 3.63) is 53.6 Å². The molecule has 3 nitrogen and oxygen atoms in total. The van der Waals surface area contributed by atoms with E-state index < -0.39 is 0 Å². The number of aryl methyl sites for hydroxylation is 1. The van der Waals surface area contributed by atoms with Crippen molar-refractivity contribution in [1.82, 2.24) is 0 Å². The molecule has 0 heterocycles. The monoisotopic (exact) mass is 285 g/mol. The molecule has 1 amide bonds. The number of amides is 1. The van der Waals surface area contributed by atoms with Gasteiger partial charge >= 0.3 is 0 Å². The molecule has 20 heavy (non-hydrogen) atoms. The second-order valence-electron chi connectivity index (χ2n) is 4.44. The standard InChI is InChI=1S/C16H15NO2S/c1-11-9-16(6-3-13(11)10-18)20-15-7-4-14(5-8-15)17-12(2)19/h3-10H,1-2H3,(H,17,19). The molecule has 0 spiro atoms. The number of nitrogens with one attached hydrogen (secondary N) is 1. The van der Waals surface area contributed by atoms with Crippen molar-refractivity contribution in [2.24, 2.45) is 0 Å². The maximum atomic E-state index is 10.9. The van der Waals surface area contributed by atoms with Gasteiger partial charge in [0.1, 0.15) is 6.29 Å². The highest BCUT2D eigenvalue weighted by atomic mass is 32.2. The third kappa shape index (κ3) is 3.71. The molecule has 0 fully saturated rings. The average Bonchev–Trinajstić information content (AvgIpc) is 2.41. The van der Waals surface area contributed by atoms with Crippen molar-refractivity contribution in [1.29, 1.82) is 0 Å². The topological polar surface area (TPSA) is 46.2 Å². The third-order valence-corrected chi connectivity index (χ3v) is 3.78. The lowest BCUT2D eigenvalue weighted by Crippen LogP contribution is -2.05. The van der Waals surface area contributed by atoms with Crippen LogP contribution < -0.4 is 5.32 Å². The first kappa shape index (κ1) is 14.3. The Kier molecular flexibility index (Phi) is 4.58. The van der Waals surface area contributed by atoms with E-state index >= 15 is 0 Å². The Labute approximate surface area is 122 Å². The number of carbonyl (C=O) groups excluding carboxylic acids is 2. The van der Waals surface area contributed by atoms with Gasteiger partial charge in [0.05, 0.1) is 0 Å². The first-order chi connectivity index (χ1) is 9.58. The number of hydrogen-bond donors (Lipinski definition) is 1. The van der Waals surface area contributed by atoms with E-state index in [2.05, 4.69) is 5.32 Å². The highest BCUT2D eigenvalue weighted by molar-refractivity contribution is 7.99. The van der Waals surface area contributed by atoms with Gasteiger partial charge in [-0.2, -0.15) is 0 Å². The molecule has 2 rings (SSSR count). The van der Waals surface area contributed by atoms with Crippen molar-refractivity contribution in [3.63, 3.8) is 0 Å². The first-order valence-electron chi connectivity index (χ1n) is 6.20. The molecule has 1 N–H and O–H groups in total. The quantitative estimate of drug-likeness (QED) is 0.866. The van der Waals surface area contributed by atoms with Crippen LogP contribution in [0.1, 0.15) is 22.8 Å². The van der Waals surface area contributed by atoms with E-state index in [0.717, 1.165) is 32.9 Å². The predicted molar refractivity (Wildman–Crippen MR) is 81.4 cm³/mol. The van der Waals surface area contributed by atoms with Crippen molar-refractivity contribution in [3.8, 4) is 0 Å². The zero-order valence-corrected chi connectivity index (χ0v) is 12.2. The molecular weight excluding hydrogens is 270 g/mol. The number of anilines is 1. The molecule has 0 aliphatic carbocycles. The molecule has 0 saturated carbocycles. The average molecular weight is 285 g/mol. The summed E-state index contributed by atoms with van der Waals surface area (Å²) >= 11 is 1.62. The molecule has 0 bridgehead atoms. The summed E-state index contributed by atoms with van der Waals surface area (Å²) in [5.41, 5.74) is 2.48. The molecule has 0 aliphatic rings. The Morgan fingerprint density at radius 3 is 2.30 bits per heavy atom. The Morgan fingerprint density at radius 2 is 1.75 bits per heavy atom. The van der Waals surface area contributed by atoms with E-state index in [9.17, 15) is 9.59 Å². The van der Waals surface area contributed by atoms with E-state index in [-0.39, 0.29) is 5.91 Å². The molecule has 2 aromatic carbocycles. The van der Waals surface area contributed by atoms with Crippen molar-refractivity contribution in [2.75, 3.05) is 5.32 Å². The Balaban J connectivity index is 2.11. The Hall–Kier alpha value is -2.07. The number of rotatable bonds is 4. The van der Waals surface area contributed by atoms with Gasteiger partial charge in [-0.15, -0.1) is 0 Å². The molecule has 102 valence electrons. The molecule has 4 heteroatoms. The van der Waals surface area contributed by atoms with Gasteiger partial charge in [0.15, 0.2) is 0 Å². The van der Waals surface area contributed by atoms with Crippen LogP contribution in [0.2, 0.25) is 0 Å². The van der Waals surface area contributed by atoms with Crippen molar-refractivity contribution in [2.45, 2.75) is 23.6 Å². The van der Waals surface area contributed by atoms with Crippen LogP contribution in [-0.4, -0.2) is 12.2 Å². The minimum absolute atomic E-state index is 0.0783. The molecule has 0 aliphatic heterocycles. The lowest BCUT2D eigenvalue weighted by Gasteiger charge is -2.06. The molecule has 2 aromatic rings. The zero-order valence-electron chi connectivity index (χ0n) is 11.3. The van der Waals surface area contributed by atoms with Gasteiger partial charge in [0.2, 0.25) is 5.91 Å². The molecule has 0 saturated heterocycles. The molecular formula is C16H15NO2S. The summed E-state index contributed by atoms with van der Waals surface area (Å²) in [4.78, 5) is 23.9. The number of carbonyl (C=O) groups is 2. The van der Waals surface area contributed by atoms with Gasteiger partial charge in [-0.05, 0) is 48.9 Å². The van der Waals surface area contributed by atoms with Gasteiger partial charge in [0, 0.05) is 28.0 Å². The zero-order chi connectivity index (χ0) is 14.5. The summed E-state index contributed by atoms with van der Waals surface area (Å²) in [5, 5.41) is 2.73. The minimum Gasteiger partial charge on any atom is -0.326 e. The maximum absolute atomic E-state index is 10.9. The summed E-state index contributed by atoms with van der Waals surface area (Å²) in [6, 6.07) is 13.4. The highest BCUT2D eigenvalue weighted by Crippen LogP contribution is 2.29. The van der Waals surface area contributed by atoms with Gasteiger partial charge in [-0.3, -0.25) is 9.59 Å². The molecule has 0 unspecified atom stereocenters. The van der Waals surface area contributed by atoms with Crippen LogP contribution in [0, 0.1) is 6.92 Å². The van der Waals surface area contributed by atoms with Crippen LogP contribution in [0.4, 0.5) is 5.69 Å². The lowest BCUT2D eigenvalue weighted by molar-refractivity contribution is -0.114. The first-order valence-corrected chi connectivity index (χ1v) is 7.01. The lowest BCUT2D eigenvalue weighted by atomic mass is 10.1. The smallest absolute Gasteiger partial charge is 0.221 e. The van der Waals surface area contributed by atoms with E-state index in [1.807, 2.05) is 49.4 Å². The van der Waals surface area contributed by atoms with Crippen LogP contribution in [0.3, 0.4) is 0 Å². The second-order valence-corrected chi connectivity index (χ2v) is 5.59. The summed E-state index contributed by atoms with van der Waals surface area (Å²) < 4.78 is 0. The summed E-state index contributed by atoms with van der Waals surface area (Å²) in [7, 11) is 0. The van der Waals surface area contributed by atoms with Crippen LogP contribution >= 0.6 is 11.8 Å². The van der Waals surface area contributed by atoms with Crippen LogP contribution in [0.15, 0.2) is 52.3 Å². The largest absolute Gasteiger partial charge is 0.326 e. The van der Waals surface area contributed by atoms with Crippen molar-refractivity contribution >= 4 is 29.6 Å². The van der Waals surface area contributed by atoms with Crippen LogP contribution in [0.5, 0.6) is 0 Å².